The average molecular weight is 460 g/mol. The molecule has 4 aromatic rings. The van der Waals surface area contributed by atoms with Crippen molar-refractivity contribution in [2.24, 2.45) is 0 Å². The summed E-state index contributed by atoms with van der Waals surface area (Å²) in [5, 5.41) is 10.8. The molecule has 168 valence electrons. The number of amides is 1. The first kappa shape index (κ1) is 21.4. The van der Waals surface area contributed by atoms with Gasteiger partial charge in [-0.15, -0.1) is 11.3 Å². The zero-order valence-corrected chi connectivity index (χ0v) is 19.2. The summed E-state index contributed by atoms with van der Waals surface area (Å²) < 4.78 is 6.10. The molecule has 0 spiro atoms. The number of H-pyrrole nitrogens is 1. The maximum atomic E-state index is 12.8. The lowest BCUT2D eigenvalue weighted by atomic mass is 10.0. The maximum absolute atomic E-state index is 12.8. The summed E-state index contributed by atoms with van der Waals surface area (Å²) in [6.45, 7) is 0. The average Bonchev–Trinajstić information content (AvgIpc) is 3.51. The summed E-state index contributed by atoms with van der Waals surface area (Å²) >= 11 is 1.56. The van der Waals surface area contributed by atoms with Crippen LogP contribution in [0.25, 0.3) is 20.5 Å². The molecular formula is C26H25N3O3S. The first-order chi connectivity index (χ1) is 16.1. The van der Waals surface area contributed by atoms with Crippen LogP contribution >= 0.6 is 11.3 Å². The van der Waals surface area contributed by atoms with E-state index in [9.17, 15) is 9.59 Å². The van der Waals surface area contributed by atoms with Crippen LogP contribution in [0.2, 0.25) is 0 Å². The molecule has 1 amide bonds. The van der Waals surface area contributed by atoms with Gasteiger partial charge in [0.2, 0.25) is 5.91 Å². The predicted molar refractivity (Wildman–Crippen MR) is 132 cm³/mol. The number of fused-ring (bicyclic) bond motifs is 1. The SMILES string of the molecule is COc1ccc(-c2cc(=O)c3cc(CC(=O)Nc4cc(C5CCCC5)[nH]n4)ccc3s2)cc1. The fraction of sp³-hybridized carbons (Fsp3) is 0.269. The molecule has 5 rings (SSSR count). The lowest BCUT2D eigenvalue weighted by molar-refractivity contribution is -0.115. The molecule has 0 saturated heterocycles. The van der Waals surface area contributed by atoms with Crippen molar-refractivity contribution in [2.45, 2.75) is 38.0 Å². The van der Waals surface area contributed by atoms with Crippen LogP contribution < -0.4 is 15.5 Å². The Morgan fingerprint density at radius 3 is 2.67 bits per heavy atom. The second-order valence-corrected chi connectivity index (χ2v) is 9.53. The number of carbonyl (C=O) groups is 1. The quantitative estimate of drug-likeness (QED) is 0.399. The third-order valence-corrected chi connectivity index (χ3v) is 7.34. The van der Waals surface area contributed by atoms with Gasteiger partial charge in [0.1, 0.15) is 5.75 Å². The minimum atomic E-state index is -0.148. The molecule has 6 nitrogen and oxygen atoms in total. The minimum absolute atomic E-state index is 0.0506. The van der Waals surface area contributed by atoms with Crippen LogP contribution in [0.3, 0.4) is 0 Å². The third kappa shape index (κ3) is 4.68. The van der Waals surface area contributed by atoms with Crippen molar-refractivity contribution in [1.29, 1.82) is 0 Å². The number of hydrogen-bond donors (Lipinski definition) is 2. The van der Waals surface area contributed by atoms with Crippen LogP contribution in [-0.4, -0.2) is 23.2 Å². The van der Waals surface area contributed by atoms with Crippen LogP contribution in [0.1, 0.15) is 42.9 Å². The van der Waals surface area contributed by atoms with Gasteiger partial charge in [-0.3, -0.25) is 14.7 Å². The highest BCUT2D eigenvalue weighted by Crippen LogP contribution is 2.34. The van der Waals surface area contributed by atoms with Crippen molar-refractivity contribution in [3.63, 3.8) is 0 Å². The number of methoxy groups -OCH3 is 1. The Hall–Kier alpha value is -3.45. The van der Waals surface area contributed by atoms with E-state index >= 15 is 0 Å². The van der Waals surface area contributed by atoms with E-state index in [1.165, 1.54) is 25.7 Å². The Balaban J connectivity index is 1.31. The van der Waals surface area contributed by atoms with Crippen molar-refractivity contribution in [3.05, 3.63) is 76.1 Å². The second-order valence-electron chi connectivity index (χ2n) is 8.45. The molecule has 1 saturated carbocycles. The number of carbonyl (C=O) groups excluding carboxylic acids is 1. The smallest absolute Gasteiger partial charge is 0.229 e. The number of aromatic amines is 1. The Labute approximate surface area is 195 Å². The molecule has 2 heterocycles. The van der Waals surface area contributed by atoms with E-state index in [-0.39, 0.29) is 17.8 Å². The zero-order chi connectivity index (χ0) is 22.8. The van der Waals surface area contributed by atoms with Gasteiger partial charge in [0.25, 0.3) is 0 Å². The summed E-state index contributed by atoms with van der Waals surface area (Å²) in [6, 6.07) is 16.9. The molecule has 1 aliphatic carbocycles. The first-order valence-corrected chi connectivity index (χ1v) is 12.0. The lowest BCUT2D eigenvalue weighted by Crippen LogP contribution is -2.14. The van der Waals surface area contributed by atoms with Crippen LogP contribution in [0.15, 0.2) is 59.4 Å². The first-order valence-electron chi connectivity index (χ1n) is 11.2. The molecule has 0 unspecified atom stereocenters. The number of aromatic nitrogens is 2. The van der Waals surface area contributed by atoms with Crippen LogP contribution in [0.5, 0.6) is 5.75 Å². The summed E-state index contributed by atoms with van der Waals surface area (Å²) in [6.07, 6.45) is 5.03. The molecule has 2 aromatic carbocycles. The lowest BCUT2D eigenvalue weighted by Gasteiger charge is -2.07. The molecule has 0 aliphatic heterocycles. The Kier molecular flexibility index (Phi) is 5.96. The Bertz CT molecular complexity index is 1350. The molecule has 0 bridgehead atoms. The van der Waals surface area contributed by atoms with Gasteiger partial charge in [0, 0.05) is 38.7 Å². The number of nitrogens with one attached hydrogen (secondary N) is 2. The number of benzene rings is 2. The second kappa shape index (κ2) is 9.19. The van der Waals surface area contributed by atoms with E-state index in [4.69, 9.17) is 4.74 Å². The number of ether oxygens (including phenoxy) is 1. The van der Waals surface area contributed by atoms with Crippen molar-refractivity contribution in [2.75, 3.05) is 12.4 Å². The highest BCUT2D eigenvalue weighted by molar-refractivity contribution is 7.21. The van der Waals surface area contributed by atoms with Gasteiger partial charge in [-0.05, 0) is 60.4 Å². The number of anilines is 1. The van der Waals surface area contributed by atoms with Crippen LogP contribution in [0, 0.1) is 0 Å². The molecular weight excluding hydrogens is 434 g/mol. The highest BCUT2D eigenvalue weighted by atomic mass is 32.1. The molecule has 0 atom stereocenters. The molecule has 2 N–H and O–H groups in total. The van der Waals surface area contributed by atoms with Crippen LogP contribution in [0.4, 0.5) is 5.82 Å². The van der Waals surface area contributed by atoms with Gasteiger partial charge < -0.3 is 10.1 Å². The highest BCUT2D eigenvalue weighted by Gasteiger charge is 2.19. The van der Waals surface area contributed by atoms with Crippen molar-refractivity contribution in [1.82, 2.24) is 10.2 Å². The number of hydrogen-bond acceptors (Lipinski definition) is 5. The summed E-state index contributed by atoms with van der Waals surface area (Å²) in [7, 11) is 1.63. The van der Waals surface area contributed by atoms with Gasteiger partial charge >= 0.3 is 0 Å². The van der Waals surface area contributed by atoms with Gasteiger partial charge in [-0.25, -0.2) is 0 Å². The fourth-order valence-electron chi connectivity index (χ4n) is 4.43. The summed E-state index contributed by atoms with van der Waals surface area (Å²) in [5.74, 6) is 1.70. The van der Waals surface area contributed by atoms with E-state index in [0.717, 1.165) is 32.1 Å². The van der Waals surface area contributed by atoms with Gasteiger partial charge in [-0.2, -0.15) is 5.10 Å². The van der Waals surface area contributed by atoms with Crippen molar-refractivity contribution >= 4 is 33.1 Å². The van der Waals surface area contributed by atoms with E-state index in [1.54, 1.807) is 24.5 Å². The Morgan fingerprint density at radius 1 is 1.12 bits per heavy atom. The molecule has 33 heavy (non-hydrogen) atoms. The zero-order valence-electron chi connectivity index (χ0n) is 18.4. The molecule has 2 aromatic heterocycles. The van der Waals surface area contributed by atoms with E-state index in [0.29, 0.717) is 17.1 Å². The standard InChI is InChI=1S/C26H25N3O3S/c1-32-19-9-7-18(8-10-19)24-15-22(30)20-12-16(6-11-23(20)33-24)13-26(31)27-25-14-21(28-29-25)17-4-2-3-5-17/h6-12,14-15,17H,2-5,13H2,1H3,(H2,27,28,29,31). The van der Waals surface area contributed by atoms with Crippen molar-refractivity contribution in [3.8, 4) is 16.2 Å². The van der Waals surface area contributed by atoms with Gasteiger partial charge in [-0.1, -0.05) is 18.9 Å². The molecule has 1 fully saturated rings. The number of nitrogens with zero attached hydrogens (tertiary/aromatic N) is 1. The van der Waals surface area contributed by atoms with Crippen LogP contribution in [-0.2, 0) is 11.2 Å². The van der Waals surface area contributed by atoms with Gasteiger partial charge in [0.05, 0.1) is 13.5 Å². The molecule has 0 radical (unpaired) electrons. The summed E-state index contributed by atoms with van der Waals surface area (Å²) in [4.78, 5) is 26.3. The topological polar surface area (TPSA) is 84.1 Å². The van der Waals surface area contributed by atoms with Crippen molar-refractivity contribution < 1.29 is 9.53 Å². The molecule has 7 heteroatoms. The monoisotopic (exact) mass is 459 g/mol. The van der Waals surface area contributed by atoms with E-state index in [2.05, 4.69) is 15.5 Å². The normalized spacial score (nSPS) is 14.0. The fourth-order valence-corrected chi connectivity index (χ4v) is 5.49. The minimum Gasteiger partial charge on any atom is -0.497 e. The van der Waals surface area contributed by atoms with E-state index in [1.807, 2.05) is 48.5 Å². The van der Waals surface area contributed by atoms with E-state index < -0.39 is 0 Å². The Morgan fingerprint density at radius 2 is 1.91 bits per heavy atom. The number of rotatable bonds is 6. The third-order valence-electron chi connectivity index (χ3n) is 6.19. The largest absolute Gasteiger partial charge is 0.497 e. The predicted octanol–water partition coefficient (Wildman–Crippen LogP) is 5.50. The summed E-state index contributed by atoms with van der Waals surface area (Å²) in [5.41, 5.74) is 2.82. The maximum Gasteiger partial charge on any atom is 0.229 e. The molecule has 1 aliphatic rings. The van der Waals surface area contributed by atoms with Gasteiger partial charge in [0.15, 0.2) is 11.2 Å².